The van der Waals surface area contributed by atoms with Crippen molar-refractivity contribution in [1.82, 2.24) is 5.32 Å². The Bertz CT molecular complexity index is 758. The highest BCUT2D eigenvalue weighted by Gasteiger charge is 2.23. The van der Waals surface area contributed by atoms with Crippen LogP contribution >= 0.6 is 0 Å². The van der Waals surface area contributed by atoms with Gasteiger partial charge < -0.3 is 15.4 Å². The second-order valence-electron chi connectivity index (χ2n) is 6.23. The first-order valence-corrected chi connectivity index (χ1v) is 7.82. The predicted molar refractivity (Wildman–Crippen MR) is 94.1 cm³/mol. The number of nitrogens with one attached hydrogen (secondary N) is 2. The first-order valence-electron chi connectivity index (χ1n) is 7.82. The highest BCUT2D eigenvalue weighted by molar-refractivity contribution is 6.39. The standard InChI is InChI=1S/C19H21FN2O3/c1-19(2,13-8-10-14(20)11-9-13)12-21-17(23)18(24)22-15-6-4-5-7-16(15)25-3/h4-11H,12H2,1-3H3,(H,21,23)(H,22,24). The molecule has 0 saturated heterocycles. The number of carbonyl (C=O) groups is 2. The van der Waals surface area contributed by atoms with Gasteiger partial charge in [-0.25, -0.2) is 4.39 Å². The molecule has 2 N–H and O–H groups in total. The molecule has 0 atom stereocenters. The van der Waals surface area contributed by atoms with Crippen LogP contribution in [0, 0.1) is 5.82 Å². The summed E-state index contributed by atoms with van der Waals surface area (Å²) < 4.78 is 18.2. The monoisotopic (exact) mass is 344 g/mol. The van der Waals surface area contributed by atoms with Crippen LogP contribution in [0.3, 0.4) is 0 Å². The lowest BCUT2D eigenvalue weighted by Crippen LogP contribution is -2.42. The van der Waals surface area contributed by atoms with Crippen LogP contribution in [0.1, 0.15) is 19.4 Å². The molecule has 0 aliphatic carbocycles. The average Bonchev–Trinajstić information content (AvgIpc) is 2.60. The molecule has 6 heteroatoms. The third kappa shape index (κ3) is 4.79. The summed E-state index contributed by atoms with van der Waals surface area (Å²) in [6.45, 7) is 4.04. The third-order valence-electron chi connectivity index (χ3n) is 3.88. The maximum atomic E-state index is 13.0. The fourth-order valence-electron chi connectivity index (χ4n) is 2.31. The van der Waals surface area contributed by atoms with Gasteiger partial charge in [0, 0.05) is 12.0 Å². The van der Waals surface area contributed by atoms with E-state index in [0.717, 1.165) is 5.56 Å². The van der Waals surface area contributed by atoms with Gasteiger partial charge in [-0.15, -0.1) is 0 Å². The van der Waals surface area contributed by atoms with Crippen LogP contribution in [0.15, 0.2) is 48.5 Å². The molecule has 2 aromatic carbocycles. The van der Waals surface area contributed by atoms with Gasteiger partial charge in [0.05, 0.1) is 12.8 Å². The number of methoxy groups -OCH3 is 1. The molecule has 0 spiro atoms. The van der Waals surface area contributed by atoms with Crippen molar-refractivity contribution < 1.29 is 18.7 Å². The number of anilines is 1. The molecule has 0 unspecified atom stereocenters. The average molecular weight is 344 g/mol. The highest BCUT2D eigenvalue weighted by Crippen LogP contribution is 2.24. The van der Waals surface area contributed by atoms with E-state index in [4.69, 9.17) is 4.74 Å². The van der Waals surface area contributed by atoms with Crippen LogP contribution in [0.25, 0.3) is 0 Å². The first kappa shape index (κ1) is 18.4. The van der Waals surface area contributed by atoms with Gasteiger partial charge in [-0.1, -0.05) is 38.1 Å². The number of ether oxygens (including phenoxy) is 1. The van der Waals surface area contributed by atoms with E-state index in [9.17, 15) is 14.0 Å². The Hall–Kier alpha value is -2.89. The van der Waals surface area contributed by atoms with Crippen molar-refractivity contribution in [1.29, 1.82) is 0 Å². The Morgan fingerprint density at radius 2 is 1.68 bits per heavy atom. The lowest BCUT2D eigenvalue weighted by atomic mass is 9.84. The van der Waals surface area contributed by atoms with E-state index in [2.05, 4.69) is 10.6 Å². The molecule has 25 heavy (non-hydrogen) atoms. The van der Waals surface area contributed by atoms with Gasteiger partial charge in [0.1, 0.15) is 11.6 Å². The zero-order valence-corrected chi connectivity index (χ0v) is 14.4. The summed E-state index contributed by atoms with van der Waals surface area (Å²) in [6, 6.07) is 12.9. The summed E-state index contributed by atoms with van der Waals surface area (Å²) in [6.07, 6.45) is 0. The number of rotatable bonds is 5. The number of hydrogen-bond donors (Lipinski definition) is 2. The predicted octanol–water partition coefficient (Wildman–Crippen LogP) is 2.87. The van der Waals surface area contributed by atoms with Crippen molar-refractivity contribution in [3.63, 3.8) is 0 Å². The minimum atomic E-state index is -0.778. The molecule has 132 valence electrons. The van der Waals surface area contributed by atoms with E-state index in [-0.39, 0.29) is 12.4 Å². The summed E-state index contributed by atoms with van der Waals surface area (Å²) in [7, 11) is 1.48. The van der Waals surface area contributed by atoms with Gasteiger partial charge in [0.15, 0.2) is 0 Å². The number of hydrogen-bond acceptors (Lipinski definition) is 3. The zero-order valence-electron chi connectivity index (χ0n) is 14.4. The molecule has 2 amide bonds. The summed E-state index contributed by atoms with van der Waals surface area (Å²) in [5.41, 5.74) is 0.830. The van der Waals surface area contributed by atoms with Crippen molar-refractivity contribution >= 4 is 17.5 Å². The fourth-order valence-corrected chi connectivity index (χ4v) is 2.31. The lowest BCUT2D eigenvalue weighted by molar-refractivity contribution is -0.136. The van der Waals surface area contributed by atoms with E-state index in [1.807, 2.05) is 13.8 Å². The van der Waals surface area contributed by atoms with Crippen molar-refractivity contribution in [2.45, 2.75) is 19.3 Å². The van der Waals surface area contributed by atoms with Gasteiger partial charge in [-0.2, -0.15) is 0 Å². The van der Waals surface area contributed by atoms with Crippen LogP contribution in [0.2, 0.25) is 0 Å². The Kier molecular flexibility index (Phi) is 5.75. The molecule has 0 aliphatic heterocycles. The van der Waals surface area contributed by atoms with Crippen LogP contribution in [-0.2, 0) is 15.0 Å². The van der Waals surface area contributed by atoms with E-state index in [1.54, 1.807) is 36.4 Å². The Balaban J connectivity index is 1.97. The van der Waals surface area contributed by atoms with Gasteiger partial charge in [0.2, 0.25) is 0 Å². The largest absolute Gasteiger partial charge is 0.495 e. The number of benzene rings is 2. The Morgan fingerprint density at radius 3 is 2.32 bits per heavy atom. The molecular weight excluding hydrogens is 323 g/mol. The number of carbonyl (C=O) groups excluding carboxylic acids is 2. The van der Waals surface area contributed by atoms with Crippen LogP contribution < -0.4 is 15.4 Å². The van der Waals surface area contributed by atoms with E-state index >= 15 is 0 Å². The first-order chi connectivity index (χ1) is 11.8. The number of amides is 2. The van der Waals surface area contributed by atoms with Gasteiger partial charge in [-0.3, -0.25) is 9.59 Å². The molecule has 0 radical (unpaired) electrons. The lowest BCUT2D eigenvalue weighted by Gasteiger charge is -2.25. The maximum absolute atomic E-state index is 13.0. The van der Waals surface area contributed by atoms with Crippen LogP contribution in [0.4, 0.5) is 10.1 Å². The second-order valence-corrected chi connectivity index (χ2v) is 6.23. The number of halogens is 1. The molecule has 0 bridgehead atoms. The van der Waals surface area contributed by atoms with Crippen molar-refractivity contribution in [3.8, 4) is 5.75 Å². The van der Waals surface area contributed by atoms with Gasteiger partial charge in [-0.05, 0) is 29.8 Å². The van der Waals surface area contributed by atoms with Gasteiger partial charge in [0.25, 0.3) is 0 Å². The minimum absolute atomic E-state index is 0.233. The van der Waals surface area contributed by atoms with Crippen molar-refractivity contribution in [3.05, 3.63) is 59.9 Å². The highest BCUT2D eigenvalue weighted by atomic mass is 19.1. The summed E-state index contributed by atoms with van der Waals surface area (Å²) in [4.78, 5) is 24.1. The maximum Gasteiger partial charge on any atom is 0.313 e. The minimum Gasteiger partial charge on any atom is -0.495 e. The van der Waals surface area contributed by atoms with Crippen molar-refractivity contribution in [2.24, 2.45) is 0 Å². The molecule has 0 heterocycles. The molecular formula is C19H21FN2O3. The van der Waals surface area contributed by atoms with Crippen LogP contribution in [0.5, 0.6) is 5.75 Å². The van der Waals surface area contributed by atoms with E-state index in [0.29, 0.717) is 11.4 Å². The van der Waals surface area contributed by atoms with Crippen molar-refractivity contribution in [2.75, 3.05) is 19.0 Å². The summed E-state index contributed by atoms with van der Waals surface area (Å²) >= 11 is 0. The van der Waals surface area contributed by atoms with Gasteiger partial charge >= 0.3 is 11.8 Å². The Labute approximate surface area is 146 Å². The smallest absolute Gasteiger partial charge is 0.313 e. The third-order valence-corrected chi connectivity index (χ3v) is 3.88. The number of para-hydroxylation sites is 2. The molecule has 0 aliphatic rings. The molecule has 2 aromatic rings. The SMILES string of the molecule is COc1ccccc1NC(=O)C(=O)NCC(C)(C)c1ccc(F)cc1. The van der Waals surface area contributed by atoms with E-state index in [1.165, 1.54) is 19.2 Å². The normalized spacial score (nSPS) is 10.9. The molecule has 0 fully saturated rings. The molecule has 2 rings (SSSR count). The summed E-state index contributed by atoms with van der Waals surface area (Å²) in [5, 5.41) is 5.13. The zero-order chi connectivity index (χ0) is 18.4. The summed E-state index contributed by atoms with van der Waals surface area (Å²) in [5.74, 6) is -1.38. The second kappa shape index (κ2) is 7.79. The molecule has 0 saturated carbocycles. The topological polar surface area (TPSA) is 67.4 Å². The molecule has 5 nitrogen and oxygen atoms in total. The molecule has 0 aromatic heterocycles. The van der Waals surface area contributed by atoms with E-state index < -0.39 is 17.2 Å². The Morgan fingerprint density at radius 1 is 1.04 bits per heavy atom. The fraction of sp³-hybridized carbons (Fsp3) is 0.263. The quantitative estimate of drug-likeness (QED) is 0.820. The van der Waals surface area contributed by atoms with Crippen LogP contribution in [-0.4, -0.2) is 25.5 Å².